The molecule has 0 aliphatic rings. The standard InChI is InChI=1S/C22H24N2O2/c1-17-8-10-18(11-9-17)16-26-22-20(6-3-7-21(22)25-2)15-24-14-19-5-4-12-23-13-19/h3-13,24H,14-16H2,1-2H3. The van der Waals surface area contributed by atoms with Crippen LogP contribution in [0, 0.1) is 6.92 Å². The molecular weight excluding hydrogens is 324 g/mol. The quantitative estimate of drug-likeness (QED) is 0.660. The lowest BCUT2D eigenvalue weighted by Crippen LogP contribution is -2.14. The SMILES string of the molecule is COc1cccc(CNCc2cccnc2)c1OCc1ccc(C)cc1. The maximum atomic E-state index is 6.11. The van der Waals surface area contributed by atoms with Gasteiger partial charge in [-0.05, 0) is 30.2 Å². The maximum absolute atomic E-state index is 6.11. The minimum absolute atomic E-state index is 0.510. The molecule has 0 saturated heterocycles. The zero-order chi connectivity index (χ0) is 18.2. The summed E-state index contributed by atoms with van der Waals surface area (Å²) in [6.07, 6.45) is 3.65. The fourth-order valence-corrected chi connectivity index (χ4v) is 2.71. The van der Waals surface area contributed by atoms with Crippen LogP contribution < -0.4 is 14.8 Å². The van der Waals surface area contributed by atoms with E-state index in [0.29, 0.717) is 13.2 Å². The third-order valence-corrected chi connectivity index (χ3v) is 4.15. The average molecular weight is 348 g/mol. The minimum atomic E-state index is 0.510. The van der Waals surface area contributed by atoms with E-state index in [4.69, 9.17) is 9.47 Å². The van der Waals surface area contributed by atoms with Gasteiger partial charge in [-0.1, -0.05) is 48.0 Å². The van der Waals surface area contributed by atoms with Crippen LogP contribution in [0.3, 0.4) is 0 Å². The van der Waals surface area contributed by atoms with Crippen LogP contribution in [0.1, 0.15) is 22.3 Å². The zero-order valence-electron chi connectivity index (χ0n) is 15.2. The molecule has 0 aliphatic heterocycles. The van der Waals surface area contributed by atoms with Crippen molar-refractivity contribution in [1.82, 2.24) is 10.3 Å². The van der Waals surface area contributed by atoms with Crippen molar-refractivity contribution in [1.29, 1.82) is 0 Å². The molecule has 1 N–H and O–H groups in total. The summed E-state index contributed by atoms with van der Waals surface area (Å²) in [7, 11) is 1.67. The Hall–Kier alpha value is -2.85. The summed E-state index contributed by atoms with van der Waals surface area (Å²) < 4.78 is 11.6. The van der Waals surface area contributed by atoms with Gasteiger partial charge in [-0.2, -0.15) is 0 Å². The zero-order valence-corrected chi connectivity index (χ0v) is 15.2. The third kappa shape index (κ3) is 4.83. The van der Waals surface area contributed by atoms with Crippen LogP contribution in [0.25, 0.3) is 0 Å². The van der Waals surface area contributed by atoms with Gasteiger partial charge in [0.15, 0.2) is 11.5 Å². The Bertz CT molecular complexity index is 817. The second-order valence-corrected chi connectivity index (χ2v) is 6.19. The van der Waals surface area contributed by atoms with Crippen LogP contribution in [0.15, 0.2) is 67.0 Å². The average Bonchev–Trinajstić information content (AvgIpc) is 2.69. The molecule has 0 fully saturated rings. The molecule has 0 radical (unpaired) electrons. The van der Waals surface area contributed by atoms with E-state index in [0.717, 1.165) is 34.7 Å². The molecule has 0 unspecified atom stereocenters. The molecule has 3 rings (SSSR count). The van der Waals surface area contributed by atoms with Crippen molar-refractivity contribution >= 4 is 0 Å². The normalized spacial score (nSPS) is 10.5. The lowest BCUT2D eigenvalue weighted by atomic mass is 10.1. The number of aromatic nitrogens is 1. The first-order chi connectivity index (χ1) is 12.8. The minimum Gasteiger partial charge on any atom is -0.493 e. The maximum Gasteiger partial charge on any atom is 0.166 e. The molecular formula is C22H24N2O2. The Morgan fingerprint density at radius 2 is 1.77 bits per heavy atom. The summed E-state index contributed by atoms with van der Waals surface area (Å²) in [5, 5.41) is 3.44. The van der Waals surface area contributed by atoms with Crippen LogP contribution in [-0.4, -0.2) is 12.1 Å². The Morgan fingerprint density at radius 3 is 2.50 bits per heavy atom. The molecule has 0 bridgehead atoms. The molecule has 3 aromatic rings. The van der Waals surface area contributed by atoms with Crippen LogP contribution in [0.5, 0.6) is 11.5 Å². The summed E-state index contributed by atoms with van der Waals surface area (Å²) in [5.41, 5.74) is 4.60. The first kappa shape index (κ1) is 18.0. The van der Waals surface area contributed by atoms with E-state index in [1.54, 1.807) is 13.3 Å². The molecule has 1 aromatic heterocycles. The van der Waals surface area contributed by atoms with Crippen LogP contribution in [0.2, 0.25) is 0 Å². The van der Waals surface area contributed by atoms with Crippen molar-refractivity contribution in [3.63, 3.8) is 0 Å². The Labute approximate surface area is 154 Å². The summed E-state index contributed by atoms with van der Waals surface area (Å²) in [4.78, 5) is 4.14. The van der Waals surface area contributed by atoms with Gasteiger partial charge < -0.3 is 14.8 Å². The molecule has 2 aromatic carbocycles. The molecule has 0 saturated carbocycles. The Morgan fingerprint density at radius 1 is 0.923 bits per heavy atom. The predicted octanol–water partition coefficient (Wildman–Crippen LogP) is 4.27. The van der Waals surface area contributed by atoms with Crippen LogP contribution in [-0.2, 0) is 19.7 Å². The Kier molecular flexibility index (Phi) is 6.23. The lowest BCUT2D eigenvalue weighted by Gasteiger charge is -2.16. The molecule has 4 heteroatoms. The number of benzene rings is 2. The molecule has 134 valence electrons. The number of hydrogen-bond acceptors (Lipinski definition) is 4. The summed E-state index contributed by atoms with van der Waals surface area (Å²) in [6.45, 7) is 4.03. The Balaban J connectivity index is 1.67. The summed E-state index contributed by atoms with van der Waals surface area (Å²) in [5.74, 6) is 1.53. The second kappa shape index (κ2) is 9.02. The van der Waals surface area contributed by atoms with E-state index in [9.17, 15) is 0 Å². The van der Waals surface area contributed by atoms with Gasteiger partial charge in [0.2, 0.25) is 0 Å². The first-order valence-electron chi connectivity index (χ1n) is 8.70. The molecule has 1 heterocycles. The molecule has 4 nitrogen and oxygen atoms in total. The van der Waals surface area contributed by atoms with Gasteiger partial charge in [-0.15, -0.1) is 0 Å². The number of ether oxygens (including phenoxy) is 2. The fourth-order valence-electron chi connectivity index (χ4n) is 2.71. The third-order valence-electron chi connectivity index (χ3n) is 4.15. The van der Waals surface area contributed by atoms with E-state index in [1.807, 2.05) is 24.4 Å². The smallest absolute Gasteiger partial charge is 0.166 e. The highest BCUT2D eigenvalue weighted by molar-refractivity contribution is 5.46. The van der Waals surface area contributed by atoms with Gasteiger partial charge in [0, 0.05) is 31.0 Å². The molecule has 0 amide bonds. The van der Waals surface area contributed by atoms with Gasteiger partial charge >= 0.3 is 0 Å². The number of nitrogens with one attached hydrogen (secondary N) is 1. The van der Waals surface area contributed by atoms with Crippen molar-refractivity contribution < 1.29 is 9.47 Å². The van der Waals surface area contributed by atoms with E-state index in [2.05, 4.69) is 53.6 Å². The molecule has 26 heavy (non-hydrogen) atoms. The number of aryl methyl sites for hydroxylation is 1. The number of hydrogen-bond donors (Lipinski definition) is 1. The molecule has 0 atom stereocenters. The van der Waals surface area contributed by atoms with Crippen LogP contribution in [0.4, 0.5) is 0 Å². The van der Waals surface area contributed by atoms with Gasteiger partial charge in [0.05, 0.1) is 7.11 Å². The number of para-hydroxylation sites is 1. The van der Waals surface area contributed by atoms with Crippen molar-refractivity contribution in [2.24, 2.45) is 0 Å². The molecule has 0 spiro atoms. The highest BCUT2D eigenvalue weighted by Gasteiger charge is 2.11. The monoisotopic (exact) mass is 348 g/mol. The van der Waals surface area contributed by atoms with Crippen molar-refractivity contribution in [2.45, 2.75) is 26.6 Å². The van der Waals surface area contributed by atoms with E-state index in [-0.39, 0.29) is 0 Å². The first-order valence-corrected chi connectivity index (χ1v) is 8.70. The molecule has 0 aliphatic carbocycles. The highest BCUT2D eigenvalue weighted by atomic mass is 16.5. The van der Waals surface area contributed by atoms with Gasteiger partial charge in [-0.25, -0.2) is 0 Å². The van der Waals surface area contributed by atoms with E-state index in [1.165, 1.54) is 5.56 Å². The topological polar surface area (TPSA) is 43.4 Å². The van der Waals surface area contributed by atoms with Crippen molar-refractivity contribution in [3.05, 3.63) is 89.2 Å². The lowest BCUT2D eigenvalue weighted by molar-refractivity contribution is 0.280. The predicted molar refractivity (Wildman–Crippen MR) is 103 cm³/mol. The van der Waals surface area contributed by atoms with E-state index >= 15 is 0 Å². The van der Waals surface area contributed by atoms with Gasteiger partial charge in [0.1, 0.15) is 6.61 Å². The summed E-state index contributed by atoms with van der Waals surface area (Å²) >= 11 is 0. The van der Waals surface area contributed by atoms with Gasteiger partial charge in [0.25, 0.3) is 0 Å². The van der Waals surface area contributed by atoms with Crippen molar-refractivity contribution in [3.8, 4) is 11.5 Å². The second-order valence-electron chi connectivity index (χ2n) is 6.19. The summed E-state index contributed by atoms with van der Waals surface area (Å²) in [6, 6.07) is 18.3. The van der Waals surface area contributed by atoms with Crippen LogP contribution >= 0.6 is 0 Å². The van der Waals surface area contributed by atoms with Gasteiger partial charge in [-0.3, -0.25) is 4.98 Å². The fraction of sp³-hybridized carbons (Fsp3) is 0.227. The number of nitrogens with zero attached hydrogens (tertiary/aromatic N) is 1. The largest absolute Gasteiger partial charge is 0.493 e. The van der Waals surface area contributed by atoms with Crippen molar-refractivity contribution in [2.75, 3.05) is 7.11 Å². The number of rotatable bonds is 8. The number of pyridine rings is 1. The number of methoxy groups -OCH3 is 1. The highest BCUT2D eigenvalue weighted by Crippen LogP contribution is 2.31. The van der Waals surface area contributed by atoms with E-state index < -0.39 is 0 Å².